The Kier molecular flexibility index (Phi) is 4.49. The summed E-state index contributed by atoms with van der Waals surface area (Å²) in [5, 5.41) is 0. The SMILES string of the molecule is CCCNS(=O)(=O)NC(c1nccc(C)n1)C1CC1. The number of nitrogens with zero attached hydrogens (tertiary/aromatic N) is 2. The van der Waals surface area contributed by atoms with E-state index in [0.717, 1.165) is 25.0 Å². The lowest BCUT2D eigenvalue weighted by molar-refractivity contribution is 0.501. The number of hydrogen-bond acceptors (Lipinski definition) is 4. The lowest BCUT2D eigenvalue weighted by Gasteiger charge is -2.17. The van der Waals surface area contributed by atoms with Crippen molar-refractivity contribution in [1.29, 1.82) is 0 Å². The summed E-state index contributed by atoms with van der Waals surface area (Å²) in [6.07, 6.45) is 4.45. The molecule has 106 valence electrons. The van der Waals surface area contributed by atoms with Crippen molar-refractivity contribution in [3.63, 3.8) is 0 Å². The van der Waals surface area contributed by atoms with E-state index in [2.05, 4.69) is 19.4 Å². The number of nitrogens with one attached hydrogen (secondary N) is 2. The van der Waals surface area contributed by atoms with Gasteiger partial charge in [0.2, 0.25) is 0 Å². The van der Waals surface area contributed by atoms with Gasteiger partial charge in [0.1, 0.15) is 5.82 Å². The van der Waals surface area contributed by atoms with Crippen molar-refractivity contribution in [2.75, 3.05) is 6.54 Å². The summed E-state index contributed by atoms with van der Waals surface area (Å²) in [4.78, 5) is 8.53. The van der Waals surface area contributed by atoms with Crippen LogP contribution in [0.4, 0.5) is 0 Å². The van der Waals surface area contributed by atoms with E-state index in [0.29, 0.717) is 18.3 Å². The van der Waals surface area contributed by atoms with Crippen molar-refractivity contribution in [3.05, 3.63) is 23.8 Å². The van der Waals surface area contributed by atoms with Gasteiger partial charge in [-0.15, -0.1) is 0 Å². The van der Waals surface area contributed by atoms with Crippen LogP contribution in [0.15, 0.2) is 12.3 Å². The molecule has 1 heterocycles. The maximum atomic E-state index is 11.9. The molecule has 0 amide bonds. The van der Waals surface area contributed by atoms with E-state index in [1.54, 1.807) is 12.3 Å². The maximum Gasteiger partial charge on any atom is 0.277 e. The van der Waals surface area contributed by atoms with Gasteiger partial charge in [-0.2, -0.15) is 13.1 Å². The lowest BCUT2D eigenvalue weighted by atomic mass is 10.2. The van der Waals surface area contributed by atoms with Crippen LogP contribution in [0.1, 0.15) is 43.7 Å². The Morgan fingerprint density at radius 3 is 2.79 bits per heavy atom. The van der Waals surface area contributed by atoms with Crippen LogP contribution >= 0.6 is 0 Å². The van der Waals surface area contributed by atoms with Crippen molar-refractivity contribution in [3.8, 4) is 0 Å². The number of aryl methyl sites for hydroxylation is 1. The molecule has 6 nitrogen and oxygen atoms in total. The summed E-state index contributed by atoms with van der Waals surface area (Å²) in [7, 11) is -3.49. The van der Waals surface area contributed by atoms with Crippen LogP contribution in [0.5, 0.6) is 0 Å². The zero-order valence-corrected chi connectivity index (χ0v) is 12.1. The van der Waals surface area contributed by atoms with Gasteiger partial charge in [0.25, 0.3) is 10.2 Å². The Labute approximate surface area is 114 Å². The first-order chi connectivity index (χ1) is 9.02. The fraction of sp³-hybridized carbons (Fsp3) is 0.667. The molecule has 0 spiro atoms. The highest BCUT2D eigenvalue weighted by molar-refractivity contribution is 7.87. The molecule has 1 atom stereocenters. The fourth-order valence-corrected chi connectivity index (χ4v) is 3.04. The van der Waals surface area contributed by atoms with Crippen LogP contribution in [-0.2, 0) is 10.2 Å². The van der Waals surface area contributed by atoms with Crippen LogP contribution in [0.3, 0.4) is 0 Å². The molecule has 1 fully saturated rings. The molecule has 1 saturated carbocycles. The van der Waals surface area contributed by atoms with Crippen molar-refractivity contribution in [2.45, 2.75) is 39.2 Å². The van der Waals surface area contributed by atoms with E-state index in [-0.39, 0.29) is 6.04 Å². The van der Waals surface area contributed by atoms with Crippen molar-refractivity contribution >= 4 is 10.2 Å². The van der Waals surface area contributed by atoms with E-state index >= 15 is 0 Å². The molecule has 0 aliphatic heterocycles. The summed E-state index contributed by atoms with van der Waals surface area (Å²) in [5.74, 6) is 0.865. The second-order valence-electron chi connectivity index (χ2n) is 4.89. The summed E-state index contributed by atoms with van der Waals surface area (Å²) in [6, 6.07) is 1.48. The van der Waals surface area contributed by atoms with Crippen LogP contribution < -0.4 is 9.44 Å². The summed E-state index contributed by atoms with van der Waals surface area (Å²) in [6.45, 7) is 4.23. The first-order valence-electron chi connectivity index (χ1n) is 6.58. The minimum absolute atomic E-state index is 0.306. The van der Waals surface area contributed by atoms with E-state index in [4.69, 9.17) is 0 Å². The molecule has 1 aromatic heterocycles. The predicted octanol–water partition coefficient (Wildman–Crippen LogP) is 1.07. The van der Waals surface area contributed by atoms with Crippen molar-refractivity contribution < 1.29 is 8.42 Å². The van der Waals surface area contributed by atoms with Crippen LogP contribution in [-0.4, -0.2) is 24.9 Å². The maximum absolute atomic E-state index is 11.9. The van der Waals surface area contributed by atoms with Crippen molar-refractivity contribution in [1.82, 2.24) is 19.4 Å². The zero-order chi connectivity index (χ0) is 13.9. The average Bonchev–Trinajstić information content (AvgIpc) is 3.18. The Morgan fingerprint density at radius 1 is 1.47 bits per heavy atom. The van der Waals surface area contributed by atoms with Crippen LogP contribution in [0, 0.1) is 12.8 Å². The lowest BCUT2D eigenvalue weighted by Crippen LogP contribution is -2.40. The molecule has 1 unspecified atom stereocenters. The van der Waals surface area contributed by atoms with Gasteiger partial charge >= 0.3 is 0 Å². The predicted molar refractivity (Wildman–Crippen MR) is 72.6 cm³/mol. The quantitative estimate of drug-likeness (QED) is 0.784. The van der Waals surface area contributed by atoms with Gasteiger partial charge in [-0.05, 0) is 38.2 Å². The molecule has 1 aliphatic carbocycles. The molecule has 2 rings (SSSR count). The normalized spacial score (nSPS) is 17.4. The highest BCUT2D eigenvalue weighted by Gasteiger charge is 2.36. The Balaban J connectivity index is 2.13. The first kappa shape index (κ1) is 14.4. The van der Waals surface area contributed by atoms with E-state index in [1.165, 1.54) is 0 Å². The van der Waals surface area contributed by atoms with Crippen LogP contribution in [0.25, 0.3) is 0 Å². The molecular weight excluding hydrogens is 264 g/mol. The third-order valence-electron chi connectivity index (χ3n) is 3.01. The molecule has 19 heavy (non-hydrogen) atoms. The van der Waals surface area contributed by atoms with Gasteiger partial charge in [-0.1, -0.05) is 6.92 Å². The average molecular weight is 284 g/mol. The van der Waals surface area contributed by atoms with E-state index in [9.17, 15) is 8.42 Å². The molecule has 0 aromatic carbocycles. The fourth-order valence-electron chi connectivity index (χ4n) is 1.85. The third-order valence-corrected chi connectivity index (χ3v) is 4.16. The molecular formula is C12H20N4O2S. The van der Waals surface area contributed by atoms with Gasteiger partial charge < -0.3 is 0 Å². The standard InChI is InChI=1S/C12H20N4O2S/c1-3-7-14-19(17,18)16-11(10-4-5-10)12-13-8-6-9(2)15-12/h6,8,10-11,14,16H,3-5,7H2,1-2H3. The zero-order valence-electron chi connectivity index (χ0n) is 11.3. The first-order valence-corrected chi connectivity index (χ1v) is 8.06. The molecule has 2 N–H and O–H groups in total. The Morgan fingerprint density at radius 2 is 2.21 bits per heavy atom. The number of hydrogen-bond donors (Lipinski definition) is 2. The van der Waals surface area contributed by atoms with Gasteiger partial charge in [-0.3, -0.25) is 0 Å². The molecule has 1 aromatic rings. The second-order valence-corrected chi connectivity index (χ2v) is 6.42. The molecule has 0 bridgehead atoms. The van der Waals surface area contributed by atoms with Crippen molar-refractivity contribution in [2.24, 2.45) is 5.92 Å². The molecule has 7 heteroatoms. The molecule has 0 radical (unpaired) electrons. The highest BCUT2D eigenvalue weighted by Crippen LogP contribution is 2.40. The number of aromatic nitrogens is 2. The topological polar surface area (TPSA) is 84.0 Å². The summed E-state index contributed by atoms with van der Waals surface area (Å²) < 4.78 is 29.0. The van der Waals surface area contributed by atoms with Gasteiger partial charge in [0, 0.05) is 18.4 Å². The minimum Gasteiger partial charge on any atom is -0.240 e. The number of rotatable bonds is 7. The monoisotopic (exact) mass is 284 g/mol. The van der Waals surface area contributed by atoms with Crippen LogP contribution in [0.2, 0.25) is 0 Å². The largest absolute Gasteiger partial charge is 0.277 e. The smallest absolute Gasteiger partial charge is 0.240 e. The van der Waals surface area contributed by atoms with E-state index in [1.807, 2.05) is 13.8 Å². The van der Waals surface area contributed by atoms with Gasteiger partial charge in [0.15, 0.2) is 0 Å². The molecule has 1 aliphatic rings. The third kappa shape index (κ3) is 4.22. The summed E-state index contributed by atoms with van der Waals surface area (Å²) >= 11 is 0. The highest BCUT2D eigenvalue weighted by atomic mass is 32.2. The Bertz CT molecular complexity index is 528. The Hall–Kier alpha value is -1.05. The second kappa shape index (κ2) is 5.94. The van der Waals surface area contributed by atoms with Gasteiger partial charge in [-0.25, -0.2) is 14.7 Å². The minimum atomic E-state index is -3.49. The van der Waals surface area contributed by atoms with Gasteiger partial charge in [0.05, 0.1) is 6.04 Å². The summed E-state index contributed by atoms with van der Waals surface area (Å²) in [5.41, 5.74) is 0.844. The molecule has 0 saturated heterocycles. The van der Waals surface area contributed by atoms with E-state index < -0.39 is 10.2 Å².